The number of nitro benzene ring substituents is 1. The van der Waals surface area contributed by atoms with Gasteiger partial charge in [-0.05, 0) is 30.7 Å². The number of hydrogen-bond donors (Lipinski definition) is 1. The summed E-state index contributed by atoms with van der Waals surface area (Å²) in [7, 11) is 0. The molecule has 0 aliphatic carbocycles. The number of benzene rings is 1. The highest BCUT2D eigenvalue weighted by molar-refractivity contribution is 7.99. The molecule has 5 nitrogen and oxygen atoms in total. The molecule has 2 N–H and O–H groups in total. The second-order valence-corrected chi connectivity index (χ2v) is 5.11. The Labute approximate surface area is 115 Å². The molecule has 2 rings (SSSR count). The summed E-state index contributed by atoms with van der Waals surface area (Å²) in [6, 6.07) is 10.2. The molecule has 0 amide bonds. The van der Waals surface area contributed by atoms with E-state index in [2.05, 4.69) is 4.98 Å². The van der Waals surface area contributed by atoms with Crippen molar-refractivity contribution in [2.24, 2.45) is 5.73 Å². The minimum atomic E-state index is -0.391. The van der Waals surface area contributed by atoms with Gasteiger partial charge < -0.3 is 5.73 Å². The van der Waals surface area contributed by atoms with Gasteiger partial charge in [0.15, 0.2) is 0 Å². The highest BCUT2D eigenvalue weighted by atomic mass is 32.2. The van der Waals surface area contributed by atoms with Crippen molar-refractivity contribution >= 4 is 17.4 Å². The fourth-order valence-electron chi connectivity index (χ4n) is 1.57. The van der Waals surface area contributed by atoms with E-state index in [-0.39, 0.29) is 11.7 Å². The normalized spacial score (nSPS) is 12.1. The second-order valence-electron chi connectivity index (χ2n) is 4.04. The van der Waals surface area contributed by atoms with E-state index in [4.69, 9.17) is 5.73 Å². The number of hydrogen-bond acceptors (Lipinski definition) is 5. The molecule has 0 unspecified atom stereocenters. The van der Waals surface area contributed by atoms with Gasteiger partial charge >= 0.3 is 0 Å². The first-order valence-electron chi connectivity index (χ1n) is 5.70. The van der Waals surface area contributed by atoms with Crippen LogP contribution in [0.1, 0.15) is 18.5 Å². The van der Waals surface area contributed by atoms with Crippen LogP contribution >= 0.6 is 11.8 Å². The van der Waals surface area contributed by atoms with Crippen molar-refractivity contribution in [2.45, 2.75) is 22.9 Å². The van der Waals surface area contributed by atoms with Crippen LogP contribution in [0, 0.1) is 10.1 Å². The van der Waals surface area contributed by atoms with Crippen molar-refractivity contribution in [3.63, 3.8) is 0 Å². The smallest absolute Gasteiger partial charge is 0.283 e. The van der Waals surface area contributed by atoms with Crippen LogP contribution in [0.4, 0.5) is 5.69 Å². The first-order chi connectivity index (χ1) is 9.08. The van der Waals surface area contributed by atoms with Crippen molar-refractivity contribution in [3.05, 3.63) is 58.3 Å². The maximum atomic E-state index is 10.9. The van der Waals surface area contributed by atoms with E-state index in [1.54, 1.807) is 24.4 Å². The minimum Gasteiger partial charge on any atom is -0.324 e. The second kappa shape index (κ2) is 5.81. The zero-order valence-corrected chi connectivity index (χ0v) is 11.1. The Bertz CT molecular complexity index is 602. The van der Waals surface area contributed by atoms with E-state index in [9.17, 15) is 10.1 Å². The van der Waals surface area contributed by atoms with Crippen LogP contribution in [0.15, 0.2) is 52.5 Å². The minimum absolute atomic E-state index is 0.0838. The third kappa shape index (κ3) is 3.30. The predicted molar refractivity (Wildman–Crippen MR) is 74.1 cm³/mol. The van der Waals surface area contributed by atoms with Gasteiger partial charge in [-0.15, -0.1) is 0 Å². The Morgan fingerprint density at radius 2 is 2.11 bits per heavy atom. The van der Waals surface area contributed by atoms with Crippen molar-refractivity contribution < 1.29 is 4.92 Å². The van der Waals surface area contributed by atoms with Crippen LogP contribution in [0.25, 0.3) is 0 Å². The van der Waals surface area contributed by atoms with Crippen molar-refractivity contribution in [1.82, 2.24) is 4.98 Å². The van der Waals surface area contributed by atoms with E-state index in [1.165, 1.54) is 17.8 Å². The molecule has 0 spiro atoms. The summed E-state index contributed by atoms with van der Waals surface area (Å²) in [5, 5.41) is 11.6. The lowest BCUT2D eigenvalue weighted by molar-refractivity contribution is -0.387. The average Bonchev–Trinajstić information content (AvgIpc) is 2.39. The summed E-state index contributed by atoms with van der Waals surface area (Å²) in [6.07, 6.45) is 1.66. The summed E-state index contributed by atoms with van der Waals surface area (Å²) >= 11 is 1.27. The number of rotatable bonds is 4. The van der Waals surface area contributed by atoms with E-state index in [0.29, 0.717) is 9.92 Å². The maximum Gasteiger partial charge on any atom is 0.283 e. The van der Waals surface area contributed by atoms with Crippen LogP contribution in [0.2, 0.25) is 0 Å². The van der Waals surface area contributed by atoms with Crippen LogP contribution in [0.5, 0.6) is 0 Å². The third-order valence-corrected chi connectivity index (χ3v) is 3.56. The first-order valence-corrected chi connectivity index (χ1v) is 6.52. The SMILES string of the molecule is C[C@@H](N)c1ccnc(Sc2ccccc2[N+](=O)[O-])c1. The molecule has 0 aliphatic rings. The third-order valence-electron chi connectivity index (χ3n) is 2.56. The molecule has 0 radical (unpaired) electrons. The lowest BCUT2D eigenvalue weighted by atomic mass is 10.1. The van der Waals surface area contributed by atoms with Gasteiger partial charge in [-0.2, -0.15) is 0 Å². The van der Waals surface area contributed by atoms with E-state index in [1.807, 2.05) is 19.1 Å². The van der Waals surface area contributed by atoms with Gasteiger partial charge in [0.05, 0.1) is 9.82 Å². The average molecular weight is 275 g/mol. The van der Waals surface area contributed by atoms with Gasteiger partial charge in [0.1, 0.15) is 5.03 Å². The molecular weight excluding hydrogens is 262 g/mol. The molecule has 98 valence electrons. The molecule has 0 fully saturated rings. The molecule has 0 saturated carbocycles. The summed E-state index contributed by atoms with van der Waals surface area (Å²) in [6.45, 7) is 1.88. The number of nitrogens with zero attached hydrogens (tertiary/aromatic N) is 2. The first kappa shape index (κ1) is 13.5. The number of aromatic nitrogens is 1. The van der Waals surface area contributed by atoms with Gasteiger partial charge in [-0.1, -0.05) is 23.9 Å². The molecule has 19 heavy (non-hydrogen) atoms. The molecule has 0 aliphatic heterocycles. The molecule has 1 heterocycles. The highest BCUT2D eigenvalue weighted by Gasteiger charge is 2.14. The molecule has 1 aromatic carbocycles. The Kier molecular flexibility index (Phi) is 4.13. The highest BCUT2D eigenvalue weighted by Crippen LogP contribution is 2.33. The largest absolute Gasteiger partial charge is 0.324 e. The molecule has 0 bridgehead atoms. The Hall–Kier alpha value is -1.92. The van der Waals surface area contributed by atoms with Crippen LogP contribution in [-0.2, 0) is 0 Å². The lowest BCUT2D eigenvalue weighted by Crippen LogP contribution is -2.05. The number of nitro groups is 1. The Morgan fingerprint density at radius 3 is 2.79 bits per heavy atom. The van der Waals surface area contributed by atoms with Crippen LogP contribution in [-0.4, -0.2) is 9.91 Å². The van der Waals surface area contributed by atoms with Crippen LogP contribution in [0.3, 0.4) is 0 Å². The summed E-state index contributed by atoms with van der Waals surface area (Å²) in [5.41, 5.74) is 6.85. The van der Waals surface area contributed by atoms with Crippen molar-refractivity contribution in [2.75, 3.05) is 0 Å². The summed E-state index contributed by atoms with van der Waals surface area (Å²) in [5.74, 6) is 0. The van der Waals surface area contributed by atoms with E-state index in [0.717, 1.165) is 5.56 Å². The van der Waals surface area contributed by atoms with Crippen LogP contribution < -0.4 is 5.73 Å². The maximum absolute atomic E-state index is 10.9. The van der Waals surface area contributed by atoms with Gasteiger partial charge in [0, 0.05) is 18.3 Å². The van der Waals surface area contributed by atoms with E-state index >= 15 is 0 Å². The van der Waals surface area contributed by atoms with Gasteiger partial charge in [-0.25, -0.2) is 4.98 Å². The van der Waals surface area contributed by atoms with Gasteiger partial charge in [0.2, 0.25) is 0 Å². The quantitative estimate of drug-likeness (QED) is 0.684. The zero-order chi connectivity index (χ0) is 13.8. The predicted octanol–water partition coefficient (Wildman–Crippen LogP) is 3.16. The molecule has 2 aromatic rings. The summed E-state index contributed by atoms with van der Waals surface area (Å²) < 4.78 is 0. The van der Waals surface area contributed by atoms with Gasteiger partial charge in [0.25, 0.3) is 5.69 Å². The lowest BCUT2D eigenvalue weighted by Gasteiger charge is -2.07. The van der Waals surface area contributed by atoms with E-state index < -0.39 is 4.92 Å². The van der Waals surface area contributed by atoms with Crippen molar-refractivity contribution in [1.29, 1.82) is 0 Å². The zero-order valence-electron chi connectivity index (χ0n) is 10.3. The molecule has 1 aromatic heterocycles. The summed E-state index contributed by atoms with van der Waals surface area (Å²) in [4.78, 5) is 15.3. The number of para-hydroxylation sites is 1. The molecular formula is C13H13N3O2S. The molecule has 0 saturated heterocycles. The number of nitrogens with two attached hydrogens (primary N) is 1. The topological polar surface area (TPSA) is 82.0 Å². The Balaban J connectivity index is 2.31. The van der Waals surface area contributed by atoms with Crippen molar-refractivity contribution in [3.8, 4) is 0 Å². The van der Waals surface area contributed by atoms with Gasteiger partial charge in [-0.3, -0.25) is 10.1 Å². The number of pyridine rings is 1. The monoisotopic (exact) mass is 275 g/mol. The molecule has 6 heteroatoms. The fourth-order valence-corrected chi connectivity index (χ4v) is 2.50. The molecule has 1 atom stereocenters. The standard InChI is InChI=1S/C13H13N3O2S/c1-9(14)10-6-7-15-13(8-10)19-12-5-3-2-4-11(12)16(17)18/h2-9H,14H2,1H3/t9-/m1/s1. The Morgan fingerprint density at radius 1 is 1.37 bits per heavy atom. The fraction of sp³-hybridized carbons (Fsp3) is 0.154.